The zero-order chi connectivity index (χ0) is 23.6. The van der Waals surface area contributed by atoms with E-state index in [4.69, 9.17) is 9.84 Å². The van der Waals surface area contributed by atoms with Crippen molar-refractivity contribution in [2.45, 2.75) is 16.7 Å². The molecule has 3 N–H and O–H groups in total. The Morgan fingerprint density at radius 3 is 2.48 bits per heavy atom. The highest BCUT2D eigenvalue weighted by Crippen LogP contribution is 2.40. The maximum atomic E-state index is 13.4. The number of carboxylic acids is 1. The van der Waals surface area contributed by atoms with Gasteiger partial charge in [0.25, 0.3) is 10.0 Å². The fourth-order valence-electron chi connectivity index (χ4n) is 3.59. The van der Waals surface area contributed by atoms with Crippen molar-refractivity contribution in [1.29, 1.82) is 0 Å². The standard InChI is InChI=1S/C24H21NO6S2/c1-2-31-16-10-11-17-15(12-16)6-5-9-22(17)33(29,30)25-20-13-21(32-14-23(26)27)24(28)19-8-4-3-7-18(19)20/h3-13,25,28H,2,14H2,1H3,(H,26,27). The number of ether oxygens (including phenoxy) is 1. The average Bonchev–Trinajstić information content (AvgIpc) is 2.79. The van der Waals surface area contributed by atoms with Crippen LogP contribution in [0.2, 0.25) is 0 Å². The maximum Gasteiger partial charge on any atom is 0.313 e. The van der Waals surface area contributed by atoms with Gasteiger partial charge in [-0.25, -0.2) is 8.42 Å². The SMILES string of the molecule is CCOc1ccc2c(S(=O)(=O)Nc3cc(SCC(=O)O)c(O)c4ccccc34)cccc2c1. The molecule has 4 aromatic carbocycles. The monoisotopic (exact) mass is 483 g/mol. The van der Waals surface area contributed by atoms with Crippen LogP contribution in [0.3, 0.4) is 0 Å². The van der Waals surface area contributed by atoms with E-state index in [0.29, 0.717) is 28.5 Å². The van der Waals surface area contributed by atoms with E-state index in [-0.39, 0.29) is 27.0 Å². The Morgan fingerprint density at radius 1 is 1.00 bits per heavy atom. The molecule has 4 rings (SSSR count). The predicted molar refractivity (Wildman–Crippen MR) is 130 cm³/mol. The van der Waals surface area contributed by atoms with Crippen molar-refractivity contribution in [1.82, 2.24) is 0 Å². The number of rotatable bonds is 8. The Morgan fingerprint density at radius 2 is 1.76 bits per heavy atom. The van der Waals surface area contributed by atoms with Gasteiger partial charge in [-0.2, -0.15) is 0 Å². The number of hydrogen-bond acceptors (Lipinski definition) is 6. The fraction of sp³-hybridized carbons (Fsp3) is 0.125. The van der Waals surface area contributed by atoms with Crippen molar-refractivity contribution in [3.8, 4) is 11.5 Å². The van der Waals surface area contributed by atoms with Crippen LogP contribution in [-0.4, -0.2) is 37.0 Å². The Kier molecular flexibility index (Phi) is 6.35. The van der Waals surface area contributed by atoms with E-state index in [1.807, 2.05) is 13.0 Å². The van der Waals surface area contributed by atoms with Crippen LogP contribution in [-0.2, 0) is 14.8 Å². The zero-order valence-electron chi connectivity index (χ0n) is 17.6. The van der Waals surface area contributed by atoms with Crippen molar-refractivity contribution < 1.29 is 28.2 Å². The number of benzene rings is 4. The van der Waals surface area contributed by atoms with Crippen molar-refractivity contribution in [2.24, 2.45) is 0 Å². The molecule has 0 atom stereocenters. The van der Waals surface area contributed by atoms with Gasteiger partial charge in [-0.05, 0) is 42.6 Å². The van der Waals surface area contributed by atoms with Gasteiger partial charge < -0.3 is 14.9 Å². The lowest BCUT2D eigenvalue weighted by molar-refractivity contribution is -0.133. The number of fused-ring (bicyclic) bond motifs is 2. The highest BCUT2D eigenvalue weighted by Gasteiger charge is 2.21. The van der Waals surface area contributed by atoms with Crippen LogP contribution in [0.25, 0.3) is 21.5 Å². The normalized spacial score (nSPS) is 11.5. The van der Waals surface area contributed by atoms with Gasteiger partial charge in [0.05, 0.1) is 27.8 Å². The number of carbonyl (C=O) groups is 1. The van der Waals surface area contributed by atoms with Crippen LogP contribution in [0, 0.1) is 0 Å². The molecule has 0 amide bonds. The molecule has 7 nitrogen and oxygen atoms in total. The lowest BCUT2D eigenvalue weighted by Gasteiger charge is -2.16. The number of phenols is 1. The van der Waals surface area contributed by atoms with E-state index in [9.17, 15) is 18.3 Å². The molecule has 0 aromatic heterocycles. The molecule has 0 spiro atoms. The molecule has 0 aliphatic rings. The molecule has 0 saturated heterocycles. The first-order valence-electron chi connectivity index (χ1n) is 10.1. The molecule has 33 heavy (non-hydrogen) atoms. The number of phenolic OH excluding ortho intramolecular Hbond substituents is 1. The molecule has 9 heteroatoms. The number of sulfonamides is 1. The number of aliphatic carboxylic acids is 1. The second-order valence-corrected chi connectivity index (χ2v) is 9.84. The highest BCUT2D eigenvalue weighted by molar-refractivity contribution is 8.00. The summed E-state index contributed by atoms with van der Waals surface area (Å²) in [5.41, 5.74) is 0.249. The number of hydrogen-bond donors (Lipinski definition) is 3. The van der Waals surface area contributed by atoms with Crippen molar-refractivity contribution in [3.63, 3.8) is 0 Å². The topological polar surface area (TPSA) is 113 Å². The summed E-state index contributed by atoms with van der Waals surface area (Å²) in [5, 5.41) is 21.8. The number of carboxylic acid groups (broad SMARTS) is 1. The van der Waals surface area contributed by atoms with E-state index >= 15 is 0 Å². The molecule has 0 aliphatic carbocycles. The van der Waals surface area contributed by atoms with Crippen LogP contribution >= 0.6 is 11.8 Å². The number of thioether (sulfide) groups is 1. The third kappa shape index (κ3) is 4.69. The van der Waals surface area contributed by atoms with Crippen LogP contribution in [0.4, 0.5) is 5.69 Å². The van der Waals surface area contributed by atoms with E-state index in [2.05, 4.69) is 4.72 Å². The minimum Gasteiger partial charge on any atom is -0.506 e. The summed E-state index contributed by atoms with van der Waals surface area (Å²) >= 11 is 0.916. The lowest BCUT2D eigenvalue weighted by atomic mass is 10.1. The Labute approximate surface area is 195 Å². The van der Waals surface area contributed by atoms with Gasteiger partial charge in [0.2, 0.25) is 0 Å². The van der Waals surface area contributed by atoms with Gasteiger partial charge in [-0.1, -0.05) is 36.4 Å². The third-order valence-corrected chi connectivity index (χ3v) is 7.43. The molecule has 0 aliphatic heterocycles. The lowest BCUT2D eigenvalue weighted by Crippen LogP contribution is -2.14. The molecule has 0 unspecified atom stereocenters. The summed E-state index contributed by atoms with van der Waals surface area (Å²) in [6.45, 7) is 2.38. The molecule has 0 fully saturated rings. The maximum absolute atomic E-state index is 13.4. The van der Waals surface area contributed by atoms with Gasteiger partial charge >= 0.3 is 5.97 Å². The summed E-state index contributed by atoms with van der Waals surface area (Å²) in [7, 11) is -4.02. The van der Waals surface area contributed by atoms with Crippen LogP contribution < -0.4 is 9.46 Å². The summed E-state index contributed by atoms with van der Waals surface area (Å²) < 4.78 is 35.0. The predicted octanol–water partition coefficient (Wildman–Crippen LogP) is 5.07. The first-order valence-corrected chi connectivity index (χ1v) is 12.5. The Hall–Kier alpha value is -3.43. The first-order chi connectivity index (χ1) is 15.8. The van der Waals surface area contributed by atoms with Gasteiger partial charge in [-0.3, -0.25) is 9.52 Å². The van der Waals surface area contributed by atoms with Crippen molar-refractivity contribution in [3.05, 3.63) is 66.7 Å². The summed E-state index contributed by atoms with van der Waals surface area (Å²) in [6.07, 6.45) is 0. The highest BCUT2D eigenvalue weighted by atomic mass is 32.2. The summed E-state index contributed by atoms with van der Waals surface area (Å²) in [4.78, 5) is 11.4. The van der Waals surface area contributed by atoms with Crippen molar-refractivity contribution in [2.75, 3.05) is 17.1 Å². The molecular weight excluding hydrogens is 462 g/mol. The number of aromatic hydroxyl groups is 1. The van der Waals surface area contributed by atoms with Crippen molar-refractivity contribution >= 4 is 55.0 Å². The van der Waals surface area contributed by atoms with Crippen LogP contribution in [0.1, 0.15) is 6.92 Å². The second kappa shape index (κ2) is 9.21. The zero-order valence-corrected chi connectivity index (χ0v) is 19.2. The van der Waals surface area contributed by atoms with Crippen LogP contribution in [0.5, 0.6) is 11.5 Å². The molecule has 4 aromatic rings. The smallest absolute Gasteiger partial charge is 0.313 e. The van der Waals surface area contributed by atoms with E-state index < -0.39 is 16.0 Å². The summed E-state index contributed by atoms with van der Waals surface area (Å²) in [5.74, 6) is -0.758. The molecule has 0 heterocycles. The Bertz CT molecular complexity index is 1470. The number of anilines is 1. The third-order valence-electron chi connectivity index (χ3n) is 4.99. The second-order valence-electron chi connectivity index (χ2n) is 7.18. The fourth-order valence-corrected chi connectivity index (χ4v) is 5.62. The Balaban J connectivity index is 1.80. The minimum absolute atomic E-state index is 0.0894. The van der Waals surface area contributed by atoms with Crippen LogP contribution in [0.15, 0.2) is 76.5 Å². The molecule has 0 radical (unpaired) electrons. The molecule has 0 bridgehead atoms. The molecule has 0 saturated carbocycles. The van der Waals surface area contributed by atoms with Gasteiger partial charge in [0.1, 0.15) is 11.5 Å². The van der Waals surface area contributed by atoms with Gasteiger partial charge in [0.15, 0.2) is 0 Å². The van der Waals surface area contributed by atoms with Gasteiger partial charge in [-0.15, -0.1) is 11.8 Å². The summed E-state index contributed by atoms with van der Waals surface area (Å²) in [6, 6.07) is 18.5. The van der Waals surface area contributed by atoms with Gasteiger partial charge in [0, 0.05) is 16.2 Å². The number of nitrogens with one attached hydrogen (secondary N) is 1. The average molecular weight is 484 g/mol. The largest absolute Gasteiger partial charge is 0.506 e. The minimum atomic E-state index is -4.02. The van der Waals surface area contributed by atoms with E-state index in [1.54, 1.807) is 48.5 Å². The molecular formula is C24H21NO6S2. The quantitative estimate of drug-likeness (QED) is 0.237. The molecule has 170 valence electrons. The van der Waals surface area contributed by atoms with E-state index in [0.717, 1.165) is 17.1 Å². The first kappa shape index (κ1) is 22.8. The van der Waals surface area contributed by atoms with E-state index in [1.165, 1.54) is 12.1 Å².